The molecular formula is C12H21O4P. The lowest BCUT2D eigenvalue weighted by Crippen LogP contribution is -2.16. The van der Waals surface area contributed by atoms with Crippen LogP contribution in [0.3, 0.4) is 0 Å². The molecule has 0 aromatic rings. The normalized spacial score (nSPS) is 12.7. The van der Waals surface area contributed by atoms with Crippen molar-refractivity contribution in [1.29, 1.82) is 0 Å². The number of ketones is 1. The van der Waals surface area contributed by atoms with Gasteiger partial charge in [0.25, 0.3) is 0 Å². The van der Waals surface area contributed by atoms with Gasteiger partial charge in [-0.1, -0.05) is 13.8 Å². The molecule has 0 fully saturated rings. The van der Waals surface area contributed by atoms with Crippen molar-refractivity contribution < 1.29 is 18.4 Å². The highest BCUT2D eigenvalue weighted by atomic mass is 31.2. The van der Waals surface area contributed by atoms with Crippen molar-refractivity contribution >= 4 is 13.4 Å². The van der Waals surface area contributed by atoms with E-state index in [9.17, 15) is 9.36 Å². The molecule has 0 aliphatic heterocycles. The summed E-state index contributed by atoms with van der Waals surface area (Å²) in [5, 5.41) is 0. The third-order valence-corrected chi connectivity index (χ3v) is 4.18. The van der Waals surface area contributed by atoms with Gasteiger partial charge in [-0.3, -0.25) is 9.36 Å². The lowest BCUT2D eigenvalue weighted by Gasteiger charge is -2.14. The Morgan fingerprint density at radius 3 is 2.35 bits per heavy atom. The molecule has 4 nitrogen and oxygen atoms in total. The molecule has 98 valence electrons. The van der Waals surface area contributed by atoms with Crippen LogP contribution in [-0.2, 0) is 18.4 Å². The molecule has 0 N–H and O–H groups in total. The van der Waals surface area contributed by atoms with Crippen LogP contribution in [0, 0.1) is 17.8 Å². The molecule has 0 radical (unpaired) electrons. The van der Waals surface area contributed by atoms with Gasteiger partial charge in [-0.05, 0) is 6.42 Å². The molecule has 5 heteroatoms. The second kappa shape index (κ2) is 8.47. The standard InChI is InChI=1S/C12H21O4P/c1-5-6-7-8-9-11(2)12(13)10-17(14,15-3)16-4/h11H,5-6,9-10H2,1-4H3/t11-/m0/s1. The van der Waals surface area contributed by atoms with Crippen molar-refractivity contribution in [3.05, 3.63) is 0 Å². The molecule has 0 amide bonds. The molecule has 0 aromatic heterocycles. The summed E-state index contributed by atoms with van der Waals surface area (Å²) < 4.78 is 21.2. The summed E-state index contributed by atoms with van der Waals surface area (Å²) in [6.07, 6.45) is 2.16. The van der Waals surface area contributed by atoms with Gasteiger partial charge in [0.05, 0.1) is 0 Å². The van der Waals surface area contributed by atoms with Crippen molar-refractivity contribution in [2.24, 2.45) is 5.92 Å². The van der Waals surface area contributed by atoms with E-state index in [4.69, 9.17) is 9.05 Å². The lowest BCUT2D eigenvalue weighted by atomic mass is 10.0. The first-order chi connectivity index (χ1) is 7.99. The van der Waals surface area contributed by atoms with Gasteiger partial charge in [0.15, 0.2) is 0 Å². The Labute approximate surface area is 104 Å². The fraction of sp³-hybridized carbons (Fsp3) is 0.750. The molecule has 0 aromatic carbocycles. The Balaban J connectivity index is 4.24. The first kappa shape index (κ1) is 16.4. The molecule has 0 bridgehead atoms. The summed E-state index contributed by atoms with van der Waals surface area (Å²) in [5.41, 5.74) is 0. The third-order valence-electron chi connectivity index (χ3n) is 2.36. The van der Waals surface area contributed by atoms with E-state index in [-0.39, 0.29) is 17.9 Å². The van der Waals surface area contributed by atoms with Gasteiger partial charge >= 0.3 is 7.60 Å². The molecule has 0 saturated carbocycles. The van der Waals surface area contributed by atoms with Crippen LogP contribution in [0.15, 0.2) is 0 Å². The Bertz CT molecular complexity index is 332. The number of hydrogen-bond acceptors (Lipinski definition) is 4. The molecule has 0 saturated heterocycles. The summed E-state index contributed by atoms with van der Waals surface area (Å²) in [6.45, 7) is 3.83. The van der Waals surface area contributed by atoms with Crippen LogP contribution in [0.5, 0.6) is 0 Å². The first-order valence-electron chi connectivity index (χ1n) is 5.68. The number of Topliss-reactive ketones (excluding diaryl/α,β-unsaturated/α-hetero) is 1. The molecule has 0 spiro atoms. The van der Waals surface area contributed by atoms with Crippen molar-refractivity contribution in [2.75, 3.05) is 20.4 Å². The van der Waals surface area contributed by atoms with Crippen LogP contribution >= 0.6 is 7.60 Å². The van der Waals surface area contributed by atoms with Gasteiger partial charge in [0.1, 0.15) is 11.9 Å². The highest BCUT2D eigenvalue weighted by Gasteiger charge is 2.27. The molecule has 0 aliphatic carbocycles. The van der Waals surface area contributed by atoms with Crippen molar-refractivity contribution in [1.82, 2.24) is 0 Å². The molecule has 1 atom stereocenters. The van der Waals surface area contributed by atoms with E-state index in [1.807, 2.05) is 0 Å². The largest absolute Gasteiger partial charge is 0.337 e. The molecule has 0 rings (SSSR count). The number of hydrogen-bond donors (Lipinski definition) is 0. The Hall–Kier alpha value is -0.620. The summed E-state index contributed by atoms with van der Waals surface area (Å²) >= 11 is 0. The maximum Gasteiger partial charge on any atom is 0.337 e. The highest BCUT2D eigenvalue weighted by Crippen LogP contribution is 2.46. The summed E-state index contributed by atoms with van der Waals surface area (Å²) in [6, 6.07) is 0. The number of unbranched alkanes of at least 4 members (excludes halogenated alkanes) is 1. The van der Waals surface area contributed by atoms with Crippen molar-refractivity contribution in [3.63, 3.8) is 0 Å². The summed E-state index contributed by atoms with van der Waals surface area (Å²) in [4.78, 5) is 11.7. The van der Waals surface area contributed by atoms with E-state index in [1.165, 1.54) is 14.2 Å². The van der Waals surface area contributed by atoms with Crippen molar-refractivity contribution in [3.8, 4) is 11.8 Å². The zero-order valence-corrected chi connectivity index (χ0v) is 11.9. The minimum absolute atomic E-state index is 0.136. The van der Waals surface area contributed by atoms with Gasteiger partial charge in [0, 0.05) is 33.0 Å². The van der Waals surface area contributed by atoms with Gasteiger partial charge in [-0.25, -0.2) is 0 Å². The van der Waals surface area contributed by atoms with Crippen molar-refractivity contribution in [2.45, 2.75) is 33.1 Å². The zero-order valence-electron chi connectivity index (χ0n) is 11.0. The second-order valence-corrected chi connectivity index (χ2v) is 6.08. The van der Waals surface area contributed by atoms with E-state index in [0.29, 0.717) is 6.42 Å². The molecule has 0 heterocycles. The van der Waals surface area contributed by atoms with Gasteiger partial charge in [0.2, 0.25) is 0 Å². The molecule has 0 aliphatic rings. The quantitative estimate of drug-likeness (QED) is 0.521. The number of carbonyl (C=O) groups excluding carboxylic acids is 1. The van der Waals surface area contributed by atoms with Crippen LogP contribution in [-0.4, -0.2) is 26.2 Å². The maximum atomic E-state index is 11.7. The predicted octanol–water partition coefficient (Wildman–Crippen LogP) is 2.87. The Morgan fingerprint density at radius 1 is 1.29 bits per heavy atom. The van der Waals surface area contributed by atoms with Crippen LogP contribution in [0.4, 0.5) is 0 Å². The highest BCUT2D eigenvalue weighted by molar-refractivity contribution is 7.54. The van der Waals surface area contributed by atoms with E-state index in [2.05, 4.69) is 18.8 Å². The summed E-state index contributed by atoms with van der Waals surface area (Å²) in [7, 11) is -0.672. The lowest BCUT2D eigenvalue weighted by molar-refractivity contribution is -0.120. The molecule has 17 heavy (non-hydrogen) atoms. The topological polar surface area (TPSA) is 52.6 Å². The van der Waals surface area contributed by atoms with Crippen LogP contribution < -0.4 is 0 Å². The van der Waals surface area contributed by atoms with Crippen LogP contribution in [0.1, 0.15) is 33.1 Å². The maximum absolute atomic E-state index is 11.7. The second-order valence-electron chi connectivity index (χ2n) is 3.81. The minimum Gasteiger partial charge on any atom is -0.312 e. The fourth-order valence-corrected chi connectivity index (χ4v) is 2.20. The van der Waals surface area contributed by atoms with E-state index < -0.39 is 7.60 Å². The average molecular weight is 260 g/mol. The van der Waals surface area contributed by atoms with Crippen LogP contribution in [0.25, 0.3) is 0 Å². The zero-order chi connectivity index (χ0) is 13.3. The van der Waals surface area contributed by atoms with E-state index >= 15 is 0 Å². The molecule has 0 unspecified atom stereocenters. The van der Waals surface area contributed by atoms with E-state index in [1.54, 1.807) is 6.92 Å². The first-order valence-corrected chi connectivity index (χ1v) is 7.40. The Morgan fingerprint density at radius 2 is 1.88 bits per heavy atom. The monoisotopic (exact) mass is 260 g/mol. The number of rotatable bonds is 7. The molecular weight excluding hydrogens is 239 g/mol. The predicted molar refractivity (Wildman–Crippen MR) is 68.0 cm³/mol. The summed E-state index contributed by atoms with van der Waals surface area (Å²) in [5.74, 6) is 5.55. The van der Waals surface area contributed by atoms with Crippen LogP contribution in [0.2, 0.25) is 0 Å². The average Bonchev–Trinajstić information content (AvgIpc) is 2.34. The SMILES string of the molecule is CCCC#CC[C@H](C)C(=O)CP(=O)(OC)OC. The fourth-order valence-electron chi connectivity index (χ4n) is 1.10. The van der Waals surface area contributed by atoms with Gasteiger partial charge in [-0.15, -0.1) is 11.8 Å². The Kier molecular flexibility index (Phi) is 8.16. The minimum atomic E-state index is -3.23. The number of carbonyl (C=O) groups is 1. The smallest absolute Gasteiger partial charge is 0.312 e. The third kappa shape index (κ3) is 6.63. The van der Waals surface area contributed by atoms with Gasteiger partial charge in [-0.2, -0.15) is 0 Å². The van der Waals surface area contributed by atoms with E-state index in [0.717, 1.165) is 12.8 Å². The van der Waals surface area contributed by atoms with Gasteiger partial charge < -0.3 is 9.05 Å².